The van der Waals surface area contributed by atoms with Crippen molar-refractivity contribution in [1.82, 2.24) is 0 Å². The molecule has 0 aromatic heterocycles. The van der Waals surface area contributed by atoms with Gasteiger partial charge in [0, 0.05) is 4.47 Å². The van der Waals surface area contributed by atoms with Crippen molar-refractivity contribution in [2.45, 2.75) is 38.7 Å². The number of halogens is 2. The van der Waals surface area contributed by atoms with Crippen LogP contribution in [0.15, 0.2) is 22.7 Å². The Morgan fingerprint density at radius 1 is 1.40 bits per heavy atom. The number of unbranched alkanes of at least 4 members (excludes halogenated alkanes) is 1. The summed E-state index contributed by atoms with van der Waals surface area (Å²) in [6.45, 7) is 2.09. The molecule has 0 spiro atoms. The van der Waals surface area contributed by atoms with E-state index in [0.29, 0.717) is 6.42 Å². The number of rotatable bonds is 5. The van der Waals surface area contributed by atoms with E-state index in [4.69, 9.17) is 0 Å². The molecule has 1 aromatic carbocycles. The largest absolute Gasteiger partial charge is 0.393 e. The molecule has 0 aliphatic rings. The first-order valence-corrected chi connectivity index (χ1v) is 6.04. The van der Waals surface area contributed by atoms with Crippen LogP contribution >= 0.6 is 15.9 Å². The molecule has 1 unspecified atom stereocenters. The molecule has 1 aromatic rings. The molecule has 0 radical (unpaired) electrons. The monoisotopic (exact) mass is 274 g/mol. The minimum absolute atomic E-state index is 0.262. The maximum Gasteiger partial charge on any atom is 0.124 e. The quantitative estimate of drug-likeness (QED) is 0.869. The minimum atomic E-state index is -0.362. The van der Waals surface area contributed by atoms with E-state index in [0.717, 1.165) is 29.3 Å². The summed E-state index contributed by atoms with van der Waals surface area (Å²) in [5.41, 5.74) is 0.838. The standard InChI is InChI=1S/C12H16BrFO/c1-2-3-4-12(15)7-9-5-10(13)8-11(14)6-9/h5-6,8,12,15H,2-4,7H2,1H3. The highest BCUT2D eigenvalue weighted by atomic mass is 79.9. The van der Waals surface area contributed by atoms with Gasteiger partial charge in [-0.3, -0.25) is 0 Å². The van der Waals surface area contributed by atoms with Gasteiger partial charge in [0.25, 0.3) is 0 Å². The summed E-state index contributed by atoms with van der Waals surface area (Å²) in [6.07, 6.45) is 3.03. The van der Waals surface area contributed by atoms with Gasteiger partial charge in [-0.2, -0.15) is 0 Å². The van der Waals surface area contributed by atoms with E-state index in [1.165, 1.54) is 12.1 Å². The van der Waals surface area contributed by atoms with Gasteiger partial charge in [0.15, 0.2) is 0 Å². The zero-order valence-corrected chi connectivity index (χ0v) is 10.4. The lowest BCUT2D eigenvalue weighted by atomic mass is 10.0. The number of aliphatic hydroxyl groups excluding tert-OH is 1. The van der Waals surface area contributed by atoms with Crippen molar-refractivity contribution in [3.8, 4) is 0 Å². The van der Waals surface area contributed by atoms with Crippen LogP contribution in [0.3, 0.4) is 0 Å². The molecule has 0 amide bonds. The molecule has 84 valence electrons. The van der Waals surface area contributed by atoms with Crippen molar-refractivity contribution in [1.29, 1.82) is 0 Å². The lowest BCUT2D eigenvalue weighted by molar-refractivity contribution is 0.161. The van der Waals surface area contributed by atoms with Crippen molar-refractivity contribution in [3.05, 3.63) is 34.1 Å². The summed E-state index contributed by atoms with van der Waals surface area (Å²) in [5, 5.41) is 9.68. The van der Waals surface area contributed by atoms with Gasteiger partial charge >= 0.3 is 0 Å². The lowest BCUT2D eigenvalue weighted by Crippen LogP contribution is -2.10. The normalized spacial score (nSPS) is 12.8. The molecule has 0 aliphatic carbocycles. The SMILES string of the molecule is CCCCC(O)Cc1cc(F)cc(Br)c1. The fourth-order valence-electron chi connectivity index (χ4n) is 1.54. The van der Waals surface area contributed by atoms with E-state index in [1.807, 2.05) is 6.07 Å². The van der Waals surface area contributed by atoms with Crippen molar-refractivity contribution in [2.75, 3.05) is 0 Å². The molecule has 15 heavy (non-hydrogen) atoms. The Morgan fingerprint density at radius 3 is 2.73 bits per heavy atom. The summed E-state index contributed by atoms with van der Waals surface area (Å²) < 4.78 is 13.7. The summed E-state index contributed by atoms with van der Waals surface area (Å²) in [7, 11) is 0. The number of hydrogen-bond acceptors (Lipinski definition) is 1. The summed E-state index contributed by atoms with van der Waals surface area (Å²) in [4.78, 5) is 0. The molecule has 0 fully saturated rings. The first-order chi connectivity index (χ1) is 7.11. The summed E-state index contributed by atoms with van der Waals surface area (Å²) in [6, 6.07) is 4.74. The van der Waals surface area contributed by atoms with E-state index >= 15 is 0 Å². The average molecular weight is 275 g/mol. The molecule has 1 rings (SSSR count). The highest BCUT2D eigenvalue weighted by molar-refractivity contribution is 9.10. The zero-order valence-electron chi connectivity index (χ0n) is 8.84. The third kappa shape index (κ3) is 4.76. The Kier molecular flexibility index (Phi) is 5.26. The second-order valence-electron chi connectivity index (χ2n) is 3.78. The lowest BCUT2D eigenvalue weighted by Gasteiger charge is -2.10. The second-order valence-corrected chi connectivity index (χ2v) is 4.69. The van der Waals surface area contributed by atoms with Gasteiger partial charge < -0.3 is 5.11 Å². The molecule has 3 heteroatoms. The van der Waals surface area contributed by atoms with Crippen LogP contribution in [0.1, 0.15) is 31.7 Å². The Hall–Kier alpha value is -0.410. The Morgan fingerprint density at radius 2 is 2.13 bits per heavy atom. The highest BCUT2D eigenvalue weighted by Gasteiger charge is 2.06. The molecular weight excluding hydrogens is 259 g/mol. The van der Waals surface area contributed by atoms with E-state index in [1.54, 1.807) is 0 Å². The van der Waals surface area contributed by atoms with E-state index < -0.39 is 0 Å². The van der Waals surface area contributed by atoms with Crippen molar-refractivity contribution in [2.24, 2.45) is 0 Å². The predicted octanol–water partition coefficient (Wildman–Crippen LogP) is 3.68. The molecule has 0 aliphatic heterocycles. The van der Waals surface area contributed by atoms with Crippen LogP contribution in [0.4, 0.5) is 4.39 Å². The van der Waals surface area contributed by atoms with Gasteiger partial charge in [0.05, 0.1) is 6.10 Å². The van der Waals surface area contributed by atoms with Gasteiger partial charge in [-0.1, -0.05) is 35.7 Å². The molecule has 0 heterocycles. The maximum atomic E-state index is 13.0. The Labute approximate surface area is 98.4 Å². The fourth-order valence-corrected chi connectivity index (χ4v) is 2.06. The van der Waals surface area contributed by atoms with Crippen LogP contribution in [-0.4, -0.2) is 11.2 Å². The minimum Gasteiger partial charge on any atom is -0.393 e. The molecule has 1 N–H and O–H groups in total. The van der Waals surface area contributed by atoms with Gasteiger partial charge in [-0.15, -0.1) is 0 Å². The first-order valence-electron chi connectivity index (χ1n) is 5.25. The summed E-state index contributed by atoms with van der Waals surface area (Å²) >= 11 is 3.23. The number of aliphatic hydroxyl groups is 1. The highest BCUT2D eigenvalue weighted by Crippen LogP contribution is 2.17. The smallest absolute Gasteiger partial charge is 0.124 e. The maximum absolute atomic E-state index is 13.0. The van der Waals surface area contributed by atoms with Crippen LogP contribution in [0.2, 0.25) is 0 Å². The van der Waals surface area contributed by atoms with Gasteiger partial charge in [0.2, 0.25) is 0 Å². The second kappa shape index (κ2) is 6.23. The Balaban J connectivity index is 2.56. The molecular formula is C12H16BrFO. The number of benzene rings is 1. The van der Waals surface area contributed by atoms with Crippen molar-refractivity contribution >= 4 is 15.9 Å². The average Bonchev–Trinajstić information content (AvgIpc) is 2.13. The molecule has 1 atom stereocenters. The van der Waals surface area contributed by atoms with Crippen LogP contribution in [-0.2, 0) is 6.42 Å². The van der Waals surface area contributed by atoms with E-state index in [2.05, 4.69) is 22.9 Å². The third-order valence-corrected chi connectivity index (χ3v) is 2.74. The molecule has 0 saturated heterocycles. The van der Waals surface area contributed by atoms with Crippen LogP contribution in [0, 0.1) is 5.82 Å². The van der Waals surface area contributed by atoms with Crippen molar-refractivity contribution < 1.29 is 9.50 Å². The Bertz CT molecular complexity index is 294. The van der Waals surface area contributed by atoms with Crippen LogP contribution in [0.25, 0.3) is 0 Å². The van der Waals surface area contributed by atoms with Crippen LogP contribution in [0.5, 0.6) is 0 Å². The van der Waals surface area contributed by atoms with Gasteiger partial charge in [-0.05, 0) is 36.6 Å². The molecule has 0 bridgehead atoms. The van der Waals surface area contributed by atoms with Crippen molar-refractivity contribution in [3.63, 3.8) is 0 Å². The van der Waals surface area contributed by atoms with Gasteiger partial charge in [-0.25, -0.2) is 4.39 Å². The third-order valence-electron chi connectivity index (χ3n) is 2.28. The van der Waals surface area contributed by atoms with E-state index in [9.17, 15) is 9.50 Å². The predicted molar refractivity (Wildman–Crippen MR) is 63.3 cm³/mol. The molecule has 1 nitrogen and oxygen atoms in total. The first kappa shape index (κ1) is 12.7. The topological polar surface area (TPSA) is 20.2 Å². The zero-order chi connectivity index (χ0) is 11.3. The number of hydrogen-bond donors (Lipinski definition) is 1. The van der Waals surface area contributed by atoms with Gasteiger partial charge in [0.1, 0.15) is 5.82 Å². The fraction of sp³-hybridized carbons (Fsp3) is 0.500. The molecule has 0 saturated carbocycles. The van der Waals surface area contributed by atoms with E-state index in [-0.39, 0.29) is 11.9 Å². The summed E-state index contributed by atoms with van der Waals surface area (Å²) in [5.74, 6) is -0.262. The van der Waals surface area contributed by atoms with Crippen LogP contribution < -0.4 is 0 Å².